The molecule has 1 aromatic carbocycles. The van der Waals surface area contributed by atoms with Crippen molar-refractivity contribution >= 4 is 11.6 Å². The first kappa shape index (κ1) is 12.1. The summed E-state index contributed by atoms with van der Waals surface area (Å²) < 4.78 is 5.60. The van der Waals surface area contributed by atoms with Gasteiger partial charge in [0.1, 0.15) is 5.38 Å². The standard InChI is InChI=1S/C13H15ClN2O/c1-3-9(2)12-15-16-13(17-12)11(14)10-7-5-4-6-8-10/h4-9,11H,3H2,1-2H3. The minimum atomic E-state index is -0.374. The maximum atomic E-state index is 6.30. The summed E-state index contributed by atoms with van der Waals surface area (Å²) in [7, 11) is 0. The third-order valence-electron chi connectivity index (χ3n) is 2.80. The van der Waals surface area contributed by atoms with Crippen molar-refractivity contribution in [1.29, 1.82) is 0 Å². The van der Waals surface area contributed by atoms with Crippen LogP contribution in [0.1, 0.15) is 48.9 Å². The molecule has 0 aliphatic carbocycles. The zero-order valence-electron chi connectivity index (χ0n) is 9.93. The number of nitrogens with zero attached hydrogens (tertiary/aromatic N) is 2. The van der Waals surface area contributed by atoms with Gasteiger partial charge in [-0.15, -0.1) is 21.8 Å². The largest absolute Gasteiger partial charge is 0.423 e. The summed E-state index contributed by atoms with van der Waals surface area (Å²) in [6, 6.07) is 9.73. The maximum Gasteiger partial charge on any atom is 0.238 e. The summed E-state index contributed by atoms with van der Waals surface area (Å²) in [6.45, 7) is 4.15. The van der Waals surface area contributed by atoms with Crippen LogP contribution in [0.5, 0.6) is 0 Å². The zero-order valence-corrected chi connectivity index (χ0v) is 10.7. The summed E-state index contributed by atoms with van der Waals surface area (Å²) in [4.78, 5) is 0. The Balaban J connectivity index is 2.20. The number of hydrogen-bond donors (Lipinski definition) is 0. The Labute approximate surface area is 106 Å². The number of aromatic nitrogens is 2. The highest BCUT2D eigenvalue weighted by Gasteiger charge is 2.19. The molecule has 0 spiro atoms. The molecule has 0 aliphatic rings. The number of halogens is 1. The normalized spacial score (nSPS) is 14.5. The summed E-state index contributed by atoms with van der Waals surface area (Å²) in [5.41, 5.74) is 0.966. The molecule has 0 aliphatic heterocycles. The third kappa shape index (κ3) is 2.67. The highest BCUT2D eigenvalue weighted by Crippen LogP contribution is 2.29. The van der Waals surface area contributed by atoms with Crippen LogP contribution >= 0.6 is 11.6 Å². The maximum absolute atomic E-state index is 6.30. The lowest BCUT2D eigenvalue weighted by molar-refractivity contribution is 0.423. The highest BCUT2D eigenvalue weighted by atomic mass is 35.5. The van der Waals surface area contributed by atoms with Crippen LogP contribution < -0.4 is 0 Å². The molecular weight excluding hydrogens is 236 g/mol. The van der Waals surface area contributed by atoms with Crippen LogP contribution in [-0.2, 0) is 0 Å². The van der Waals surface area contributed by atoms with Gasteiger partial charge in [-0.1, -0.05) is 44.2 Å². The molecule has 1 aromatic heterocycles. The van der Waals surface area contributed by atoms with E-state index in [1.54, 1.807) is 0 Å². The third-order valence-corrected chi connectivity index (χ3v) is 3.24. The van der Waals surface area contributed by atoms with Gasteiger partial charge >= 0.3 is 0 Å². The second-order valence-electron chi connectivity index (χ2n) is 4.06. The van der Waals surface area contributed by atoms with Crippen molar-refractivity contribution in [3.63, 3.8) is 0 Å². The first-order chi connectivity index (χ1) is 8.22. The van der Waals surface area contributed by atoms with Crippen molar-refractivity contribution in [3.05, 3.63) is 47.7 Å². The van der Waals surface area contributed by atoms with Crippen LogP contribution in [0.4, 0.5) is 0 Å². The van der Waals surface area contributed by atoms with E-state index in [0.29, 0.717) is 11.8 Å². The van der Waals surface area contributed by atoms with E-state index in [0.717, 1.165) is 12.0 Å². The van der Waals surface area contributed by atoms with Gasteiger partial charge in [0.25, 0.3) is 0 Å². The van der Waals surface area contributed by atoms with Crippen LogP contribution in [0.3, 0.4) is 0 Å². The van der Waals surface area contributed by atoms with Gasteiger partial charge in [0, 0.05) is 5.92 Å². The van der Waals surface area contributed by atoms with Gasteiger partial charge in [0.15, 0.2) is 0 Å². The minimum Gasteiger partial charge on any atom is -0.423 e. The lowest BCUT2D eigenvalue weighted by Crippen LogP contribution is -1.92. The van der Waals surface area contributed by atoms with Crippen LogP contribution in [0.25, 0.3) is 0 Å². The topological polar surface area (TPSA) is 38.9 Å². The van der Waals surface area contributed by atoms with Crippen molar-refractivity contribution in [2.24, 2.45) is 0 Å². The van der Waals surface area contributed by atoms with Crippen LogP contribution in [0, 0.1) is 0 Å². The van der Waals surface area contributed by atoms with Crippen molar-refractivity contribution in [1.82, 2.24) is 10.2 Å². The van der Waals surface area contributed by atoms with Crippen molar-refractivity contribution < 1.29 is 4.42 Å². The molecule has 0 bridgehead atoms. The van der Waals surface area contributed by atoms with Crippen molar-refractivity contribution in [2.45, 2.75) is 31.6 Å². The van der Waals surface area contributed by atoms with E-state index in [2.05, 4.69) is 24.0 Å². The number of alkyl halides is 1. The van der Waals surface area contributed by atoms with E-state index in [9.17, 15) is 0 Å². The second-order valence-corrected chi connectivity index (χ2v) is 4.50. The molecule has 1 heterocycles. The van der Waals surface area contributed by atoms with E-state index in [-0.39, 0.29) is 11.3 Å². The zero-order chi connectivity index (χ0) is 12.3. The fourth-order valence-corrected chi connectivity index (χ4v) is 1.72. The molecule has 2 aromatic rings. The average Bonchev–Trinajstić information content (AvgIpc) is 2.87. The summed E-state index contributed by atoms with van der Waals surface area (Å²) >= 11 is 6.30. The molecule has 2 rings (SSSR count). The summed E-state index contributed by atoms with van der Waals surface area (Å²) in [6.07, 6.45) is 0.972. The average molecular weight is 251 g/mol. The molecule has 0 fully saturated rings. The fourth-order valence-electron chi connectivity index (χ4n) is 1.49. The summed E-state index contributed by atoms with van der Waals surface area (Å²) in [5.74, 6) is 1.40. The van der Waals surface area contributed by atoms with Crippen LogP contribution in [0.2, 0.25) is 0 Å². The van der Waals surface area contributed by atoms with Gasteiger partial charge in [-0.05, 0) is 12.0 Å². The molecule has 17 heavy (non-hydrogen) atoms. The number of hydrogen-bond acceptors (Lipinski definition) is 3. The molecule has 90 valence electrons. The van der Waals surface area contributed by atoms with E-state index in [1.165, 1.54) is 0 Å². The van der Waals surface area contributed by atoms with Crippen LogP contribution in [-0.4, -0.2) is 10.2 Å². The monoisotopic (exact) mass is 250 g/mol. The predicted octanol–water partition coefficient (Wildman–Crippen LogP) is 3.91. The lowest BCUT2D eigenvalue weighted by Gasteiger charge is -2.04. The number of rotatable bonds is 4. The SMILES string of the molecule is CCC(C)c1nnc(C(Cl)c2ccccc2)o1. The Morgan fingerprint density at radius 3 is 2.47 bits per heavy atom. The molecule has 0 saturated heterocycles. The molecule has 3 nitrogen and oxygen atoms in total. The van der Waals surface area contributed by atoms with E-state index >= 15 is 0 Å². The van der Waals surface area contributed by atoms with Crippen molar-refractivity contribution in [2.75, 3.05) is 0 Å². The Bertz CT molecular complexity index is 469. The second kappa shape index (κ2) is 5.32. The molecule has 0 N–H and O–H groups in total. The Hall–Kier alpha value is -1.35. The molecule has 2 atom stereocenters. The van der Waals surface area contributed by atoms with E-state index in [1.807, 2.05) is 30.3 Å². The Kier molecular flexibility index (Phi) is 3.79. The van der Waals surface area contributed by atoms with Crippen molar-refractivity contribution in [3.8, 4) is 0 Å². The molecule has 0 amide bonds. The van der Waals surface area contributed by atoms with Gasteiger partial charge in [-0.25, -0.2) is 0 Å². The quantitative estimate of drug-likeness (QED) is 0.773. The first-order valence-electron chi connectivity index (χ1n) is 5.74. The van der Waals surface area contributed by atoms with Gasteiger partial charge in [-0.2, -0.15) is 0 Å². The molecule has 2 unspecified atom stereocenters. The van der Waals surface area contributed by atoms with Crippen LogP contribution in [0.15, 0.2) is 34.7 Å². The Morgan fingerprint density at radius 2 is 1.82 bits per heavy atom. The van der Waals surface area contributed by atoms with Gasteiger partial charge in [-0.3, -0.25) is 0 Å². The van der Waals surface area contributed by atoms with E-state index in [4.69, 9.17) is 16.0 Å². The smallest absolute Gasteiger partial charge is 0.238 e. The predicted molar refractivity (Wildman–Crippen MR) is 67.1 cm³/mol. The fraction of sp³-hybridized carbons (Fsp3) is 0.385. The lowest BCUT2D eigenvalue weighted by atomic mass is 10.1. The van der Waals surface area contributed by atoms with E-state index < -0.39 is 0 Å². The molecule has 0 saturated carbocycles. The molecule has 0 radical (unpaired) electrons. The minimum absolute atomic E-state index is 0.274. The first-order valence-corrected chi connectivity index (χ1v) is 6.18. The molecular formula is C13H15ClN2O. The van der Waals surface area contributed by atoms with Gasteiger partial charge in [0.2, 0.25) is 11.8 Å². The Morgan fingerprint density at radius 1 is 1.18 bits per heavy atom. The van der Waals surface area contributed by atoms with Gasteiger partial charge in [0.05, 0.1) is 0 Å². The highest BCUT2D eigenvalue weighted by molar-refractivity contribution is 6.22. The number of benzene rings is 1. The summed E-state index contributed by atoms with van der Waals surface area (Å²) in [5, 5.41) is 7.67. The molecule has 4 heteroatoms. The van der Waals surface area contributed by atoms with Gasteiger partial charge < -0.3 is 4.42 Å².